The number of hydrogen-bond donors (Lipinski definition) is 2. The predicted octanol–water partition coefficient (Wildman–Crippen LogP) is 1.42. The highest BCUT2D eigenvalue weighted by molar-refractivity contribution is 5.45. The highest BCUT2D eigenvalue weighted by atomic mass is 19.4. The smallest absolute Gasteiger partial charge is 0.384 e. The van der Waals surface area contributed by atoms with E-state index in [2.05, 4.69) is 20.4 Å². The minimum atomic E-state index is -4.63. The molecule has 0 amide bonds. The van der Waals surface area contributed by atoms with E-state index in [1.165, 1.54) is 6.07 Å². The first-order valence-corrected chi connectivity index (χ1v) is 5.29. The zero-order valence-electron chi connectivity index (χ0n) is 9.94. The van der Waals surface area contributed by atoms with Crippen molar-refractivity contribution in [1.82, 2.24) is 19.7 Å². The third-order valence-corrected chi connectivity index (χ3v) is 2.22. The topological polar surface area (TPSA) is 81.7 Å². The lowest BCUT2D eigenvalue weighted by atomic mass is 10.4. The highest BCUT2D eigenvalue weighted by Gasteiger charge is 2.35. The van der Waals surface area contributed by atoms with Gasteiger partial charge in [0.2, 0.25) is 5.82 Å². The predicted molar refractivity (Wildman–Crippen MR) is 62.0 cm³/mol. The van der Waals surface area contributed by atoms with E-state index in [4.69, 9.17) is 5.73 Å². The summed E-state index contributed by atoms with van der Waals surface area (Å²) in [5.74, 6) is -1.51. The lowest BCUT2D eigenvalue weighted by molar-refractivity contribution is -0.144. The number of alkyl halides is 3. The van der Waals surface area contributed by atoms with Crippen LogP contribution in [0.3, 0.4) is 0 Å². The van der Waals surface area contributed by atoms with Gasteiger partial charge >= 0.3 is 6.18 Å². The van der Waals surface area contributed by atoms with Crippen molar-refractivity contribution in [3.63, 3.8) is 0 Å². The van der Waals surface area contributed by atoms with E-state index in [9.17, 15) is 13.2 Å². The Hall–Kier alpha value is -2.32. The number of hydrogen-bond acceptors (Lipinski definition) is 5. The van der Waals surface area contributed by atoms with Crippen molar-refractivity contribution in [3.05, 3.63) is 29.8 Å². The molecule has 0 radical (unpaired) electrons. The average molecular weight is 272 g/mol. The Balaban J connectivity index is 2.14. The quantitative estimate of drug-likeness (QED) is 0.883. The van der Waals surface area contributed by atoms with Gasteiger partial charge in [-0.3, -0.25) is 4.68 Å². The van der Waals surface area contributed by atoms with Crippen LogP contribution < -0.4 is 11.1 Å². The van der Waals surface area contributed by atoms with Gasteiger partial charge in [-0.05, 0) is 6.07 Å². The van der Waals surface area contributed by atoms with E-state index >= 15 is 0 Å². The summed E-state index contributed by atoms with van der Waals surface area (Å²) in [4.78, 5) is 6.51. The Bertz CT molecular complexity index is 577. The fourth-order valence-electron chi connectivity index (χ4n) is 1.42. The molecule has 0 atom stereocenters. The number of anilines is 2. The standard InChI is InChI=1S/C10H11F3N6/c1-19-3-2-6(18-19)5-15-8-4-7(14)16-9(17-8)10(11,12)13/h2-4H,5H2,1H3,(H3,14,15,16,17). The molecule has 2 aromatic heterocycles. The lowest BCUT2D eigenvalue weighted by Crippen LogP contribution is -2.14. The van der Waals surface area contributed by atoms with Gasteiger partial charge < -0.3 is 11.1 Å². The van der Waals surface area contributed by atoms with E-state index in [0.717, 1.165) is 0 Å². The third-order valence-electron chi connectivity index (χ3n) is 2.22. The molecule has 2 aromatic rings. The molecular weight excluding hydrogens is 261 g/mol. The van der Waals surface area contributed by atoms with Crippen LogP contribution in [0, 0.1) is 0 Å². The van der Waals surface area contributed by atoms with Crippen LogP contribution in [0.1, 0.15) is 11.5 Å². The average Bonchev–Trinajstić information content (AvgIpc) is 2.71. The van der Waals surface area contributed by atoms with Crippen LogP contribution in [0.25, 0.3) is 0 Å². The van der Waals surface area contributed by atoms with Crippen LogP contribution in [-0.2, 0) is 19.8 Å². The molecule has 3 N–H and O–H groups in total. The molecule has 0 saturated heterocycles. The molecule has 0 aromatic carbocycles. The van der Waals surface area contributed by atoms with Crippen molar-refractivity contribution in [3.8, 4) is 0 Å². The molecule has 0 fully saturated rings. The van der Waals surface area contributed by atoms with Crippen LogP contribution in [-0.4, -0.2) is 19.7 Å². The Morgan fingerprint density at radius 1 is 1.37 bits per heavy atom. The number of rotatable bonds is 3. The van der Waals surface area contributed by atoms with Crippen molar-refractivity contribution in [2.75, 3.05) is 11.1 Å². The molecular formula is C10H11F3N6. The summed E-state index contributed by atoms with van der Waals surface area (Å²) in [6, 6.07) is 2.97. The van der Waals surface area contributed by atoms with E-state index in [0.29, 0.717) is 5.69 Å². The minimum absolute atomic E-state index is 0.00507. The third kappa shape index (κ3) is 3.33. The molecule has 0 aliphatic rings. The number of halogens is 3. The summed E-state index contributed by atoms with van der Waals surface area (Å²) in [7, 11) is 1.74. The summed E-state index contributed by atoms with van der Waals surface area (Å²) in [5, 5.41) is 6.80. The molecule has 19 heavy (non-hydrogen) atoms. The number of nitrogen functional groups attached to an aromatic ring is 1. The Kier molecular flexibility index (Phi) is 3.28. The van der Waals surface area contributed by atoms with Crippen molar-refractivity contribution in [1.29, 1.82) is 0 Å². The van der Waals surface area contributed by atoms with Gasteiger partial charge in [-0.2, -0.15) is 18.3 Å². The van der Waals surface area contributed by atoms with Gasteiger partial charge in [0.25, 0.3) is 0 Å². The maximum absolute atomic E-state index is 12.5. The molecule has 102 valence electrons. The van der Waals surface area contributed by atoms with Crippen LogP contribution in [0.4, 0.5) is 24.8 Å². The first kappa shape index (κ1) is 13.1. The second-order valence-electron chi connectivity index (χ2n) is 3.83. The Morgan fingerprint density at radius 2 is 2.11 bits per heavy atom. The van der Waals surface area contributed by atoms with Gasteiger partial charge in [0.15, 0.2) is 0 Å². The molecule has 2 rings (SSSR count). The first-order valence-electron chi connectivity index (χ1n) is 5.29. The molecule has 0 bridgehead atoms. The molecule has 0 unspecified atom stereocenters. The van der Waals surface area contributed by atoms with Crippen molar-refractivity contribution in [2.24, 2.45) is 7.05 Å². The molecule has 0 saturated carbocycles. The Labute approximate surface area is 106 Å². The Morgan fingerprint density at radius 3 is 2.68 bits per heavy atom. The number of aryl methyl sites for hydroxylation is 1. The van der Waals surface area contributed by atoms with Crippen LogP contribution >= 0.6 is 0 Å². The molecule has 9 heteroatoms. The van der Waals surface area contributed by atoms with Gasteiger partial charge in [0.1, 0.15) is 11.6 Å². The summed E-state index contributed by atoms with van der Waals surface area (Å²) in [6.07, 6.45) is -2.90. The molecule has 0 aliphatic heterocycles. The van der Waals surface area contributed by atoms with Crippen LogP contribution in [0.2, 0.25) is 0 Å². The zero-order chi connectivity index (χ0) is 14.0. The normalized spacial score (nSPS) is 11.6. The van der Waals surface area contributed by atoms with Gasteiger partial charge in [0.05, 0.1) is 12.2 Å². The zero-order valence-corrected chi connectivity index (χ0v) is 9.94. The van der Waals surface area contributed by atoms with Gasteiger partial charge in [-0.1, -0.05) is 0 Å². The SMILES string of the molecule is Cn1ccc(CNc2cc(N)nc(C(F)(F)F)n2)n1. The fourth-order valence-corrected chi connectivity index (χ4v) is 1.42. The second kappa shape index (κ2) is 4.75. The van der Waals surface area contributed by atoms with Crippen molar-refractivity contribution < 1.29 is 13.2 Å². The van der Waals surface area contributed by atoms with E-state index in [1.807, 2.05) is 0 Å². The van der Waals surface area contributed by atoms with E-state index < -0.39 is 12.0 Å². The summed E-state index contributed by atoms with van der Waals surface area (Å²) < 4.78 is 39.1. The lowest BCUT2D eigenvalue weighted by Gasteiger charge is -2.09. The summed E-state index contributed by atoms with van der Waals surface area (Å²) >= 11 is 0. The van der Waals surface area contributed by atoms with Crippen LogP contribution in [0.5, 0.6) is 0 Å². The maximum Gasteiger partial charge on any atom is 0.451 e. The highest BCUT2D eigenvalue weighted by Crippen LogP contribution is 2.27. The first-order chi connectivity index (χ1) is 8.84. The number of nitrogens with zero attached hydrogens (tertiary/aromatic N) is 4. The van der Waals surface area contributed by atoms with Gasteiger partial charge in [-0.25, -0.2) is 9.97 Å². The van der Waals surface area contributed by atoms with Gasteiger partial charge in [-0.15, -0.1) is 0 Å². The summed E-state index contributed by atoms with van der Waals surface area (Å²) in [6.45, 7) is 0.245. The van der Waals surface area contributed by atoms with E-state index in [-0.39, 0.29) is 18.2 Å². The van der Waals surface area contributed by atoms with Crippen molar-refractivity contribution >= 4 is 11.6 Å². The number of aromatic nitrogens is 4. The van der Waals surface area contributed by atoms with Crippen molar-refractivity contribution in [2.45, 2.75) is 12.7 Å². The number of nitrogens with one attached hydrogen (secondary N) is 1. The van der Waals surface area contributed by atoms with Gasteiger partial charge in [0, 0.05) is 19.3 Å². The van der Waals surface area contributed by atoms with E-state index in [1.54, 1.807) is 24.0 Å². The minimum Gasteiger partial charge on any atom is -0.384 e. The molecule has 6 nitrogen and oxygen atoms in total. The van der Waals surface area contributed by atoms with Crippen LogP contribution in [0.15, 0.2) is 18.3 Å². The molecule has 0 spiro atoms. The maximum atomic E-state index is 12.5. The largest absolute Gasteiger partial charge is 0.451 e. The summed E-state index contributed by atoms with van der Waals surface area (Å²) in [5.41, 5.74) is 5.99. The molecule has 2 heterocycles. The monoisotopic (exact) mass is 272 g/mol. The fraction of sp³-hybridized carbons (Fsp3) is 0.300. The number of nitrogens with two attached hydrogens (primary N) is 1. The second-order valence-corrected chi connectivity index (χ2v) is 3.83. The molecule has 0 aliphatic carbocycles.